The number of rotatable bonds is 2. The van der Waals surface area contributed by atoms with E-state index in [0.717, 1.165) is 32.1 Å². The molecule has 0 unspecified atom stereocenters. The van der Waals surface area contributed by atoms with Gasteiger partial charge in [0.15, 0.2) is 0 Å². The maximum Gasteiger partial charge on any atom is 0.323 e. The first-order chi connectivity index (χ1) is 11.1. The van der Waals surface area contributed by atoms with Gasteiger partial charge in [0.2, 0.25) is 10.0 Å². The third-order valence-electron chi connectivity index (χ3n) is 5.29. The molecular formula is C16H21N3O3S. The Kier molecular flexibility index (Phi) is 3.57. The molecule has 2 heterocycles. The normalized spacial score (nSPS) is 26.3. The Morgan fingerprint density at radius 1 is 1.00 bits per heavy atom. The van der Waals surface area contributed by atoms with E-state index in [4.69, 9.17) is 0 Å². The van der Waals surface area contributed by atoms with Crippen molar-refractivity contribution >= 4 is 21.1 Å². The number of sulfonamides is 1. The van der Waals surface area contributed by atoms with E-state index < -0.39 is 10.0 Å². The van der Waals surface area contributed by atoms with E-state index in [1.54, 1.807) is 22.5 Å². The lowest BCUT2D eigenvalue weighted by Crippen LogP contribution is -2.49. The Morgan fingerprint density at radius 3 is 2.61 bits per heavy atom. The van der Waals surface area contributed by atoms with Gasteiger partial charge >= 0.3 is 5.69 Å². The summed E-state index contributed by atoms with van der Waals surface area (Å²) in [4.78, 5) is 16.9. The fourth-order valence-corrected chi connectivity index (χ4v) is 5.97. The topological polar surface area (TPSA) is 86.0 Å². The maximum absolute atomic E-state index is 13.1. The molecule has 1 aliphatic carbocycles. The fourth-order valence-electron chi connectivity index (χ4n) is 4.19. The Hall–Kier alpha value is -1.60. The average molecular weight is 335 g/mol. The molecule has 1 saturated carbocycles. The first-order valence-electron chi connectivity index (χ1n) is 8.29. The summed E-state index contributed by atoms with van der Waals surface area (Å²) in [7, 11) is -3.52. The molecular weight excluding hydrogens is 314 g/mol. The minimum absolute atomic E-state index is 0.142. The van der Waals surface area contributed by atoms with Gasteiger partial charge < -0.3 is 9.97 Å². The highest BCUT2D eigenvalue weighted by molar-refractivity contribution is 7.89. The summed E-state index contributed by atoms with van der Waals surface area (Å²) in [5.74, 6) is 0.503. The van der Waals surface area contributed by atoms with Crippen LogP contribution in [-0.4, -0.2) is 35.3 Å². The van der Waals surface area contributed by atoms with Crippen LogP contribution in [0.25, 0.3) is 11.0 Å². The van der Waals surface area contributed by atoms with Crippen LogP contribution in [0, 0.1) is 5.92 Å². The van der Waals surface area contributed by atoms with Crippen molar-refractivity contribution in [1.29, 1.82) is 0 Å². The molecule has 2 aliphatic rings. The van der Waals surface area contributed by atoms with Gasteiger partial charge in [-0.3, -0.25) is 0 Å². The largest absolute Gasteiger partial charge is 0.323 e. The van der Waals surface area contributed by atoms with Crippen LogP contribution in [0.3, 0.4) is 0 Å². The molecule has 6 nitrogen and oxygen atoms in total. The van der Waals surface area contributed by atoms with Crippen LogP contribution in [0.1, 0.15) is 38.5 Å². The van der Waals surface area contributed by atoms with Crippen molar-refractivity contribution in [2.24, 2.45) is 5.92 Å². The number of nitrogens with zero attached hydrogens (tertiary/aromatic N) is 1. The highest BCUT2D eigenvalue weighted by atomic mass is 32.2. The predicted octanol–water partition coefficient (Wildman–Crippen LogP) is 2.20. The van der Waals surface area contributed by atoms with E-state index in [1.165, 1.54) is 6.42 Å². The molecule has 0 bridgehead atoms. The molecule has 0 spiro atoms. The van der Waals surface area contributed by atoms with Gasteiger partial charge in [-0.1, -0.05) is 12.8 Å². The molecule has 7 heteroatoms. The molecule has 1 aromatic carbocycles. The quantitative estimate of drug-likeness (QED) is 0.882. The lowest BCUT2D eigenvalue weighted by atomic mass is 9.79. The SMILES string of the molecule is O=c1[nH]c2ccc(S(=O)(=O)N3CCC[C@@H]4CCCC[C@@H]43)cc2[nH]1. The second-order valence-electron chi connectivity index (χ2n) is 6.66. The van der Waals surface area contributed by atoms with Crippen molar-refractivity contribution in [3.8, 4) is 0 Å². The Morgan fingerprint density at radius 2 is 1.74 bits per heavy atom. The molecule has 23 heavy (non-hydrogen) atoms. The minimum Gasteiger partial charge on any atom is -0.306 e. The average Bonchev–Trinajstić information content (AvgIpc) is 2.93. The number of benzene rings is 1. The molecule has 0 radical (unpaired) electrons. The van der Waals surface area contributed by atoms with Crippen LogP contribution >= 0.6 is 0 Å². The van der Waals surface area contributed by atoms with Crippen molar-refractivity contribution in [2.75, 3.05) is 6.54 Å². The Labute approximate surface area is 134 Å². The van der Waals surface area contributed by atoms with E-state index in [-0.39, 0.29) is 16.6 Å². The number of aromatic nitrogens is 2. The standard InChI is InChI=1S/C16H21N3O3S/c20-16-17-13-8-7-12(10-14(13)18-16)23(21,22)19-9-3-5-11-4-1-2-6-15(11)19/h7-8,10-11,15H,1-6,9H2,(H2,17,18,20)/t11-,15-/m0/s1. The van der Waals surface area contributed by atoms with Crippen LogP contribution in [0.4, 0.5) is 0 Å². The summed E-state index contributed by atoms with van der Waals surface area (Å²) in [6.07, 6.45) is 6.50. The van der Waals surface area contributed by atoms with Crippen LogP contribution in [0.2, 0.25) is 0 Å². The summed E-state index contributed by atoms with van der Waals surface area (Å²) in [5, 5.41) is 0. The zero-order valence-corrected chi connectivity index (χ0v) is 13.7. The summed E-state index contributed by atoms with van der Waals surface area (Å²) >= 11 is 0. The zero-order valence-electron chi connectivity index (χ0n) is 12.9. The molecule has 4 rings (SSSR count). The number of aromatic amines is 2. The summed E-state index contributed by atoms with van der Waals surface area (Å²) < 4.78 is 27.9. The lowest BCUT2D eigenvalue weighted by molar-refractivity contribution is 0.129. The van der Waals surface area contributed by atoms with Gasteiger partial charge in [-0.25, -0.2) is 13.2 Å². The molecule has 2 fully saturated rings. The first kappa shape index (κ1) is 15.0. The maximum atomic E-state index is 13.1. The van der Waals surface area contributed by atoms with Gasteiger partial charge in [-0.15, -0.1) is 0 Å². The smallest absolute Gasteiger partial charge is 0.306 e. The van der Waals surface area contributed by atoms with Crippen molar-refractivity contribution in [1.82, 2.24) is 14.3 Å². The van der Waals surface area contributed by atoms with Crippen molar-refractivity contribution in [3.05, 3.63) is 28.7 Å². The van der Waals surface area contributed by atoms with Crippen LogP contribution in [0.5, 0.6) is 0 Å². The summed E-state index contributed by atoms with van der Waals surface area (Å²) in [6, 6.07) is 4.95. The second-order valence-corrected chi connectivity index (χ2v) is 8.55. The highest BCUT2D eigenvalue weighted by Gasteiger charge is 2.39. The molecule has 2 N–H and O–H groups in total. The number of piperidine rings is 1. The molecule has 2 atom stereocenters. The number of H-pyrrole nitrogens is 2. The molecule has 124 valence electrons. The Bertz CT molecular complexity index is 881. The summed E-state index contributed by atoms with van der Waals surface area (Å²) in [5.41, 5.74) is 0.844. The molecule has 1 saturated heterocycles. The highest BCUT2D eigenvalue weighted by Crippen LogP contribution is 2.38. The van der Waals surface area contributed by atoms with Crippen LogP contribution < -0.4 is 5.69 Å². The fraction of sp³-hybridized carbons (Fsp3) is 0.562. The van der Waals surface area contributed by atoms with Gasteiger partial charge in [0.1, 0.15) is 0 Å². The van der Waals surface area contributed by atoms with Crippen molar-refractivity contribution in [2.45, 2.75) is 49.5 Å². The van der Waals surface area contributed by atoms with Gasteiger partial charge in [0.25, 0.3) is 0 Å². The third kappa shape index (κ3) is 2.52. The van der Waals surface area contributed by atoms with Crippen molar-refractivity contribution < 1.29 is 8.42 Å². The molecule has 1 aliphatic heterocycles. The van der Waals surface area contributed by atoms with Gasteiger partial charge in [-0.05, 0) is 49.8 Å². The van der Waals surface area contributed by atoms with Gasteiger partial charge in [0.05, 0.1) is 15.9 Å². The van der Waals surface area contributed by atoms with E-state index in [1.807, 2.05) is 0 Å². The monoisotopic (exact) mass is 335 g/mol. The molecule has 0 amide bonds. The van der Waals surface area contributed by atoms with Crippen molar-refractivity contribution in [3.63, 3.8) is 0 Å². The van der Waals surface area contributed by atoms with E-state index in [0.29, 0.717) is 23.5 Å². The van der Waals surface area contributed by atoms with E-state index in [2.05, 4.69) is 9.97 Å². The number of fused-ring (bicyclic) bond motifs is 2. The lowest BCUT2D eigenvalue weighted by Gasteiger charge is -2.43. The Balaban J connectivity index is 1.73. The van der Waals surface area contributed by atoms with E-state index in [9.17, 15) is 13.2 Å². The third-order valence-corrected chi connectivity index (χ3v) is 7.21. The van der Waals surface area contributed by atoms with Gasteiger partial charge in [-0.2, -0.15) is 4.31 Å². The predicted molar refractivity (Wildman–Crippen MR) is 87.8 cm³/mol. The minimum atomic E-state index is -3.52. The number of nitrogens with one attached hydrogen (secondary N) is 2. The van der Waals surface area contributed by atoms with Crippen LogP contribution in [-0.2, 0) is 10.0 Å². The molecule has 2 aromatic rings. The number of imidazole rings is 1. The first-order valence-corrected chi connectivity index (χ1v) is 9.73. The second kappa shape index (κ2) is 5.49. The molecule has 1 aromatic heterocycles. The number of hydrogen-bond acceptors (Lipinski definition) is 3. The van der Waals surface area contributed by atoms with E-state index >= 15 is 0 Å². The zero-order chi connectivity index (χ0) is 16.0. The number of hydrogen-bond donors (Lipinski definition) is 2. The summed E-state index contributed by atoms with van der Waals surface area (Å²) in [6.45, 7) is 0.602. The van der Waals surface area contributed by atoms with Crippen LogP contribution in [0.15, 0.2) is 27.9 Å². The van der Waals surface area contributed by atoms with Gasteiger partial charge in [0, 0.05) is 12.6 Å².